The predicted octanol–water partition coefficient (Wildman–Crippen LogP) is 2.03. The normalized spacial score (nSPS) is 20.3. The third kappa shape index (κ3) is 7.36. The van der Waals surface area contributed by atoms with Gasteiger partial charge in [0.15, 0.2) is 11.8 Å². The lowest BCUT2D eigenvalue weighted by molar-refractivity contribution is 0.145. The Morgan fingerprint density at radius 3 is 2.72 bits per heavy atom. The van der Waals surface area contributed by atoms with Crippen molar-refractivity contribution in [3.05, 3.63) is 11.6 Å². The number of hydrogen-bond donors (Lipinski definition) is 1. The van der Waals surface area contributed by atoms with Crippen LogP contribution < -0.4 is 5.32 Å². The van der Waals surface area contributed by atoms with E-state index < -0.39 is 0 Å². The van der Waals surface area contributed by atoms with Crippen LogP contribution in [0.25, 0.3) is 0 Å². The number of hydrogen-bond acceptors (Lipinski definition) is 5. The molecule has 0 radical (unpaired) electrons. The van der Waals surface area contributed by atoms with Gasteiger partial charge in [0.25, 0.3) is 0 Å². The highest BCUT2D eigenvalue weighted by molar-refractivity contribution is 14.0. The van der Waals surface area contributed by atoms with Crippen LogP contribution in [-0.4, -0.2) is 83.0 Å². The molecular formula is C20H38IN7O. The summed E-state index contributed by atoms with van der Waals surface area (Å²) >= 11 is 0. The zero-order chi connectivity index (χ0) is 19.8. The molecule has 0 aliphatic carbocycles. The summed E-state index contributed by atoms with van der Waals surface area (Å²) in [4.78, 5) is 9.94. The number of aliphatic imine (C=N–C) groups is 1. The summed E-state index contributed by atoms with van der Waals surface area (Å²) < 4.78 is 7.47. The number of likely N-dealkylation sites (tertiary alicyclic amines) is 2. The van der Waals surface area contributed by atoms with Crippen LogP contribution >= 0.6 is 24.0 Å². The Kier molecular flexibility index (Phi) is 10.6. The average molecular weight is 519 g/mol. The van der Waals surface area contributed by atoms with Gasteiger partial charge in [-0.25, -0.2) is 4.99 Å². The Bertz CT molecular complexity index is 630. The zero-order valence-electron chi connectivity index (χ0n) is 18.3. The predicted molar refractivity (Wildman–Crippen MR) is 127 cm³/mol. The topological polar surface area (TPSA) is 70.8 Å². The van der Waals surface area contributed by atoms with Crippen molar-refractivity contribution in [3.8, 4) is 0 Å². The molecule has 2 aliphatic rings. The lowest BCUT2D eigenvalue weighted by Crippen LogP contribution is -2.41. The summed E-state index contributed by atoms with van der Waals surface area (Å²) in [5.74, 6) is 3.56. The van der Waals surface area contributed by atoms with Crippen LogP contribution in [0.3, 0.4) is 0 Å². The maximum absolute atomic E-state index is 5.46. The van der Waals surface area contributed by atoms with Gasteiger partial charge >= 0.3 is 0 Å². The lowest BCUT2D eigenvalue weighted by Gasteiger charge is -2.23. The molecule has 2 aliphatic heterocycles. The Labute approximate surface area is 192 Å². The molecule has 1 aromatic rings. The van der Waals surface area contributed by atoms with Gasteiger partial charge in [-0.1, -0.05) is 0 Å². The van der Waals surface area contributed by atoms with Gasteiger partial charge in [0, 0.05) is 46.4 Å². The fourth-order valence-electron chi connectivity index (χ4n) is 4.03. The van der Waals surface area contributed by atoms with E-state index >= 15 is 0 Å². The maximum atomic E-state index is 5.46. The van der Waals surface area contributed by atoms with Gasteiger partial charge in [0.1, 0.15) is 12.4 Å². The van der Waals surface area contributed by atoms with Gasteiger partial charge in [0.2, 0.25) is 0 Å². The molecule has 8 nitrogen and oxygen atoms in total. The standard InChI is InChI=1S/C20H37N7O.HI/c1-4-28-13-7-9-21-20(22-14-19-24-23-17(2)25(19)3)27-12-8-18(16-27)15-26-10-5-6-11-26;/h18H,4-16H2,1-3H3,(H,21,22);1H. The molecule has 1 N–H and O–H groups in total. The van der Waals surface area contributed by atoms with Crippen molar-refractivity contribution in [2.45, 2.75) is 46.1 Å². The molecule has 3 heterocycles. The molecule has 166 valence electrons. The van der Waals surface area contributed by atoms with Crippen molar-refractivity contribution < 1.29 is 4.74 Å². The monoisotopic (exact) mass is 519 g/mol. The number of rotatable bonds is 9. The first-order chi connectivity index (χ1) is 13.7. The van der Waals surface area contributed by atoms with Crippen molar-refractivity contribution in [3.63, 3.8) is 0 Å². The van der Waals surface area contributed by atoms with Crippen LogP contribution in [0.4, 0.5) is 0 Å². The van der Waals surface area contributed by atoms with Crippen LogP contribution in [0.15, 0.2) is 4.99 Å². The van der Waals surface area contributed by atoms with Crippen LogP contribution in [-0.2, 0) is 18.3 Å². The van der Waals surface area contributed by atoms with Gasteiger partial charge in [-0.2, -0.15) is 0 Å². The first kappa shape index (κ1) is 24.3. The molecule has 0 amide bonds. The minimum Gasteiger partial charge on any atom is -0.382 e. The Morgan fingerprint density at radius 1 is 1.24 bits per heavy atom. The molecule has 0 aromatic carbocycles. The van der Waals surface area contributed by atoms with E-state index in [1.165, 1.54) is 38.9 Å². The fourth-order valence-corrected chi connectivity index (χ4v) is 4.03. The van der Waals surface area contributed by atoms with Crippen molar-refractivity contribution in [1.82, 2.24) is 29.9 Å². The second-order valence-corrected chi connectivity index (χ2v) is 7.95. The maximum Gasteiger partial charge on any atom is 0.194 e. The lowest BCUT2D eigenvalue weighted by atomic mass is 10.1. The van der Waals surface area contributed by atoms with Crippen molar-refractivity contribution in [2.75, 3.05) is 52.5 Å². The Hall–Kier alpha value is -0.940. The Balaban J connectivity index is 0.00000300. The highest BCUT2D eigenvalue weighted by Crippen LogP contribution is 2.20. The molecule has 0 spiro atoms. The van der Waals surface area contributed by atoms with E-state index in [2.05, 4.69) is 25.3 Å². The van der Waals surface area contributed by atoms with Crippen LogP contribution in [0.1, 0.15) is 44.3 Å². The average Bonchev–Trinajstić information content (AvgIpc) is 3.43. The van der Waals surface area contributed by atoms with Gasteiger partial charge in [-0.15, -0.1) is 34.2 Å². The molecule has 3 rings (SSSR count). The molecule has 2 saturated heterocycles. The number of ether oxygens (including phenoxy) is 1. The number of nitrogens with zero attached hydrogens (tertiary/aromatic N) is 6. The third-order valence-corrected chi connectivity index (χ3v) is 5.81. The highest BCUT2D eigenvalue weighted by atomic mass is 127. The van der Waals surface area contributed by atoms with E-state index in [0.717, 1.165) is 62.8 Å². The molecule has 2 fully saturated rings. The smallest absolute Gasteiger partial charge is 0.194 e. The summed E-state index contributed by atoms with van der Waals surface area (Å²) in [6.07, 6.45) is 4.96. The summed E-state index contributed by atoms with van der Waals surface area (Å²) in [6, 6.07) is 0. The second kappa shape index (κ2) is 12.7. The second-order valence-electron chi connectivity index (χ2n) is 7.95. The number of aromatic nitrogens is 3. The number of halogens is 1. The third-order valence-electron chi connectivity index (χ3n) is 5.81. The van der Waals surface area contributed by atoms with Gasteiger partial charge in [-0.3, -0.25) is 0 Å². The van der Waals surface area contributed by atoms with Gasteiger partial charge < -0.3 is 24.4 Å². The summed E-state index contributed by atoms with van der Waals surface area (Å²) in [5.41, 5.74) is 0. The van der Waals surface area contributed by atoms with Crippen LogP contribution in [0.2, 0.25) is 0 Å². The largest absolute Gasteiger partial charge is 0.382 e. The number of guanidine groups is 1. The van der Waals surface area contributed by atoms with Crippen LogP contribution in [0, 0.1) is 12.8 Å². The minimum absolute atomic E-state index is 0. The van der Waals surface area contributed by atoms with E-state index in [4.69, 9.17) is 9.73 Å². The summed E-state index contributed by atoms with van der Waals surface area (Å²) in [5, 5.41) is 12.0. The van der Waals surface area contributed by atoms with Crippen molar-refractivity contribution in [2.24, 2.45) is 18.0 Å². The van der Waals surface area contributed by atoms with Crippen molar-refractivity contribution in [1.29, 1.82) is 0 Å². The molecule has 0 saturated carbocycles. The molecule has 9 heteroatoms. The number of aryl methyl sites for hydroxylation is 1. The summed E-state index contributed by atoms with van der Waals surface area (Å²) in [7, 11) is 2.00. The van der Waals surface area contributed by atoms with Gasteiger partial charge in [-0.05, 0) is 58.5 Å². The molecule has 1 aromatic heterocycles. The SMILES string of the molecule is CCOCCCNC(=NCc1nnc(C)n1C)N1CCC(CN2CCCC2)C1.I. The van der Waals surface area contributed by atoms with Crippen LogP contribution in [0.5, 0.6) is 0 Å². The minimum atomic E-state index is 0. The van der Waals surface area contributed by atoms with E-state index in [0.29, 0.717) is 6.54 Å². The van der Waals surface area contributed by atoms with Gasteiger partial charge in [0.05, 0.1) is 0 Å². The fraction of sp³-hybridized carbons (Fsp3) is 0.850. The quantitative estimate of drug-likeness (QED) is 0.233. The molecule has 1 atom stereocenters. The molecular weight excluding hydrogens is 481 g/mol. The first-order valence-corrected chi connectivity index (χ1v) is 10.9. The zero-order valence-corrected chi connectivity index (χ0v) is 20.6. The summed E-state index contributed by atoms with van der Waals surface area (Å²) in [6.45, 7) is 13.0. The molecule has 1 unspecified atom stereocenters. The molecule has 29 heavy (non-hydrogen) atoms. The van der Waals surface area contributed by atoms with E-state index in [9.17, 15) is 0 Å². The van der Waals surface area contributed by atoms with E-state index in [1.807, 2.05) is 25.5 Å². The number of nitrogens with one attached hydrogen (secondary N) is 1. The first-order valence-electron chi connectivity index (χ1n) is 10.9. The van der Waals surface area contributed by atoms with E-state index in [-0.39, 0.29) is 24.0 Å². The van der Waals surface area contributed by atoms with Crippen molar-refractivity contribution >= 4 is 29.9 Å². The molecule has 0 bridgehead atoms. The highest BCUT2D eigenvalue weighted by Gasteiger charge is 2.27. The van der Waals surface area contributed by atoms with E-state index in [1.54, 1.807) is 0 Å². The Morgan fingerprint density at radius 2 is 2.03 bits per heavy atom.